The Morgan fingerprint density at radius 3 is 2.00 bits per heavy atom. The van der Waals surface area contributed by atoms with Gasteiger partial charge in [0.2, 0.25) is 0 Å². The first kappa shape index (κ1) is 13.3. The highest BCUT2D eigenvalue weighted by molar-refractivity contribution is 7.90. The molecule has 0 radical (unpaired) electrons. The molecular weight excluding hydrogens is 182 g/mol. The van der Waals surface area contributed by atoms with Gasteiger partial charge in [0, 0.05) is 11.4 Å². The van der Waals surface area contributed by atoms with Crippen LogP contribution < -0.4 is 4.72 Å². The topological polar surface area (TPSA) is 35.1 Å². The molecule has 0 aromatic heterocycles. The number of hydrogen-bond acceptors (Lipinski definition) is 2. The van der Waals surface area contributed by atoms with Gasteiger partial charge in [-0.1, -0.05) is 20.8 Å². The van der Waals surface area contributed by atoms with Crippen LogP contribution in [-0.4, -0.2) is 15.3 Å². The Morgan fingerprint density at radius 2 is 1.77 bits per heavy atom. The van der Waals surface area contributed by atoms with Gasteiger partial charge in [0.15, 0.2) is 0 Å². The zero-order chi connectivity index (χ0) is 10.6. The molecule has 3 heteroatoms. The molecule has 0 rings (SSSR count). The van der Waals surface area contributed by atoms with E-state index in [0.717, 1.165) is 6.42 Å². The van der Waals surface area contributed by atoms with Crippen molar-refractivity contribution in [2.75, 3.05) is 0 Å². The molecule has 0 amide bonds. The van der Waals surface area contributed by atoms with Crippen molar-refractivity contribution in [1.82, 2.24) is 4.72 Å². The SMILES string of the molecule is CCC(N[S+]([O-])C(C)(C)C)C(C)C. The Kier molecular flexibility index (Phi) is 5.33. The molecule has 0 bridgehead atoms. The molecular formula is C10H23NOS. The van der Waals surface area contributed by atoms with E-state index in [4.69, 9.17) is 0 Å². The summed E-state index contributed by atoms with van der Waals surface area (Å²) in [6, 6.07) is 0.361. The molecule has 0 aromatic carbocycles. The van der Waals surface area contributed by atoms with Crippen LogP contribution in [0.3, 0.4) is 0 Å². The van der Waals surface area contributed by atoms with E-state index in [0.29, 0.717) is 12.0 Å². The summed E-state index contributed by atoms with van der Waals surface area (Å²) in [7, 11) is 0. The van der Waals surface area contributed by atoms with Crippen molar-refractivity contribution >= 4 is 11.4 Å². The molecule has 0 aliphatic rings. The van der Waals surface area contributed by atoms with Gasteiger partial charge < -0.3 is 4.55 Å². The van der Waals surface area contributed by atoms with Gasteiger partial charge in [0.25, 0.3) is 0 Å². The molecule has 0 spiro atoms. The van der Waals surface area contributed by atoms with Crippen LogP contribution in [0.25, 0.3) is 0 Å². The van der Waals surface area contributed by atoms with E-state index in [1.165, 1.54) is 0 Å². The minimum Gasteiger partial charge on any atom is -0.598 e. The number of rotatable bonds is 4. The first-order chi connectivity index (χ1) is 5.79. The maximum absolute atomic E-state index is 11.7. The zero-order valence-electron chi connectivity index (χ0n) is 9.68. The van der Waals surface area contributed by atoms with Crippen molar-refractivity contribution in [3.63, 3.8) is 0 Å². The van der Waals surface area contributed by atoms with Crippen LogP contribution >= 0.6 is 0 Å². The van der Waals surface area contributed by atoms with Crippen LogP contribution in [0.15, 0.2) is 0 Å². The molecule has 0 saturated carbocycles. The summed E-state index contributed by atoms with van der Waals surface area (Å²) in [5.74, 6) is 0.538. The summed E-state index contributed by atoms with van der Waals surface area (Å²) >= 11 is -0.938. The van der Waals surface area contributed by atoms with E-state index in [9.17, 15) is 4.55 Å². The molecule has 0 fully saturated rings. The third-order valence-electron chi connectivity index (χ3n) is 2.06. The summed E-state index contributed by atoms with van der Waals surface area (Å²) in [5.41, 5.74) is 0. The van der Waals surface area contributed by atoms with Crippen molar-refractivity contribution in [2.45, 2.75) is 58.8 Å². The van der Waals surface area contributed by atoms with Crippen LogP contribution in [-0.2, 0) is 11.4 Å². The molecule has 0 saturated heterocycles. The molecule has 2 atom stereocenters. The van der Waals surface area contributed by atoms with Gasteiger partial charge in [-0.3, -0.25) is 0 Å². The van der Waals surface area contributed by atoms with Gasteiger partial charge in [-0.05, 0) is 33.1 Å². The Bertz CT molecular complexity index is 142. The second kappa shape index (κ2) is 5.23. The predicted octanol–water partition coefficient (Wildman–Crippen LogP) is 2.47. The van der Waals surface area contributed by atoms with Crippen molar-refractivity contribution in [2.24, 2.45) is 5.92 Å². The molecule has 13 heavy (non-hydrogen) atoms. The molecule has 0 aromatic rings. The highest BCUT2D eigenvalue weighted by Crippen LogP contribution is 2.16. The fraction of sp³-hybridized carbons (Fsp3) is 1.00. The van der Waals surface area contributed by atoms with Crippen LogP contribution in [0, 0.1) is 5.92 Å². The third kappa shape index (κ3) is 4.89. The van der Waals surface area contributed by atoms with Gasteiger partial charge in [-0.2, -0.15) is 0 Å². The highest BCUT2D eigenvalue weighted by atomic mass is 32.2. The molecule has 0 aliphatic carbocycles. The van der Waals surface area contributed by atoms with E-state index in [-0.39, 0.29) is 4.75 Å². The fourth-order valence-electron chi connectivity index (χ4n) is 1.01. The van der Waals surface area contributed by atoms with E-state index in [1.54, 1.807) is 0 Å². The fourth-order valence-corrected chi connectivity index (χ4v) is 2.07. The minimum absolute atomic E-state index is 0.164. The standard InChI is InChI=1S/C10H23NOS/c1-7-9(8(2)3)11-13(12)10(4,5)6/h8-9,11H,7H2,1-6H3. The Hall–Kier alpha value is 0.270. The van der Waals surface area contributed by atoms with Gasteiger partial charge >= 0.3 is 0 Å². The quantitative estimate of drug-likeness (QED) is 0.716. The van der Waals surface area contributed by atoms with E-state index < -0.39 is 11.4 Å². The Balaban J connectivity index is 4.09. The zero-order valence-corrected chi connectivity index (χ0v) is 10.5. The normalized spacial score (nSPS) is 17.5. The Morgan fingerprint density at radius 1 is 1.31 bits per heavy atom. The van der Waals surface area contributed by atoms with Gasteiger partial charge in [-0.15, -0.1) is 4.72 Å². The second-order valence-electron chi connectivity index (χ2n) is 4.76. The predicted molar refractivity (Wildman–Crippen MR) is 59.9 cm³/mol. The molecule has 80 valence electrons. The van der Waals surface area contributed by atoms with Crippen LogP contribution in [0.5, 0.6) is 0 Å². The van der Waals surface area contributed by atoms with Crippen molar-refractivity contribution in [1.29, 1.82) is 0 Å². The molecule has 0 aliphatic heterocycles. The lowest BCUT2D eigenvalue weighted by atomic mass is 10.0. The monoisotopic (exact) mass is 205 g/mol. The second-order valence-corrected chi connectivity index (χ2v) is 6.76. The molecule has 0 heterocycles. The lowest BCUT2D eigenvalue weighted by molar-refractivity contribution is 0.429. The lowest BCUT2D eigenvalue weighted by Crippen LogP contribution is -2.46. The summed E-state index contributed by atoms with van der Waals surface area (Å²) < 4.78 is 14.8. The van der Waals surface area contributed by atoms with Crippen molar-refractivity contribution in [3.8, 4) is 0 Å². The van der Waals surface area contributed by atoms with E-state index in [1.807, 2.05) is 20.8 Å². The average molecular weight is 205 g/mol. The van der Waals surface area contributed by atoms with E-state index in [2.05, 4.69) is 25.5 Å². The summed E-state index contributed by atoms with van der Waals surface area (Å²) in [6.45, 7) is 12.4. The first-order valence-corrected chi connectivity index (χ1v) is 6.12. The third-order valence-corrected chi connectivity index (χ3v) is 3.69. The largest absolute Gasteiger partial charge is 0.598 e. The molecule has 2 nitrogen and oxygen atoms in total. The Labute approximate surface area is 85.8 Å². The van der Waals surface area contributed by atoms with Gasteiger partial charge in [-0.25, -0.2) is 0 Å². The lowest BCUT2D eigenvalue weighted by Gasteiger charge is -2.29. The minimum atomic E-state index is -0.938. The average Bonchev–Trinajstić information content (AvgIpc) is 1.96. The van der Waals surface area contributed by atoms with Crippen LogP contribution in [0.4, 0.5) is 0 Å². The van der Waals surface area contributed by atoms with Crippen LogP contribution in [0.2, 0.25) is 0 Å². The van der Waals surface area contributed by atoms with Crippen LogP contribution in [0.1, 0.15) is 48.0 Å². The molecule has 2 unspecified atom stereocenters. The highest BCUT2D eigenvalue weighted by Gasteiger charge is 2.29. The number of hydrogen-bond donors (Lipinski definition) is 1. The maximum Gasteiger partial charge on any atom is 0.136 e. The first-order valence-electron chi connectivity index (χ1n) is 4.97. The van der Waals surface area contributed by atoms with Crippen molar-refractivity contribution in [3.05, 3.63) is 0 Å². The summed E-state index contributed by atoms with van der Waals surface area (Å²) in [5, 5.41) is 0. The van der Waals surface area contributed by atoms with Gasteiger partial charge in [0.1, 0.15) is 4.75 Å². The maximum atomic E-state index is 11.7. The number of nitrogens with one attached hydrogen (secondary N) is 1. The molecule has 1 N–H and O–H groups in total. The van der Waals surface area contributed by atoms with Gasteiger partial charge in [0.05, 0.1) is 6.04 Å². The van der Waals surface area contributed by atoms with Crippen molar-refractivity contribution < 1.29 is 4.55 Å². The summed E-state index contributed by atoms with van der Waals surface area (Å²) in [4.78, 5) is 0. The smallest absolute Gasteiger partial charge is 0.136 e. The van der Waals surface area contributed by atoms with E-state index >= 15 is 0 Å². The summed E-state index contributed by atoms with van der Waals surface area (Å²) in [6.07, 6.45) is 1.03.